The Morgan fingerprint density at radius 3 is 2.60 bits per heavy atom. The number of thiocarbonyl (C=S) groups is 1. The first-order valence-corrected chi connectivity index (χ1v) is 7.44. The van der Waals surface area contributed by atoms with E-state index in [-0.39, 0.29) is 11.9 Å². The van der Waals surface area contributed by atoms with Crippen LogP contribution < -0.4 is 11.1 Å². The van der Waals surface area contributed by atoms with E-state index in [0.717, 1.165) is 37.2 Å². The van der Waals surface area contributed by atoms with Crippen LogP contribution in [0.5, 0.6) is 0 Å². The minimum absolute atomic E-state index is 0.141. The summed E-state index contributed by atoms with van der Waals surface area (Å²) in [7, 11) is 0. The molecule has 1 heterocycles. The summed E-state index contributed by atoms with van der Waals surface area (Å²) >= 11 is 5.04. The van der Waals surface area contributed by atoms with E-state index in [9.17, 15) is 4.79 Å². The van der Waals surface area contributed by atoms with E-state index in [4.69, 9.17) is 18.0 Å². The van der Waals surface area contributed by atoms with Crippen LogP contribution in [0, 0.1) is 0 Å². The van der Waals surface area contributed by atoms with Crippen LogP contribution in [0.4, 0.5) is 5.69 Å². The third-order valence-electron chi connectivity index (χ3n) is 3.60. The van der Waals surface area contributed by atoms with Crippen LogP contribution in [0.15, 0.2) is 24.3 Å². The van der Waals surface area contributed by atoms with Crippen molar-refractivity contribution in [2.45, 2.75) is 32.2 Å². The summed E-state index contributed by atoms with van der Waals surface area (Å²) in [6.07, 6.45) is 3.42. The van der Waals surface area contributed by atoms with Crippen LogP contribution in [0.2, 0.25) is 0 Å². The first-order valence-electron chi connectivity index (χ1n) is 7.04. The SMILES string of the molecule is CC(Nc1ccccc1C(N)=S)C(=O)N1CCCCC1. The first kappa shape index (κ1) is 14.8. The number of para-hydroxylation sites is 1. The average Bonchev–Trinajstić information content (AvgIpc) is 2.47. The summed E-state index contributed by atoms with van der Waals surface area (Å²) in [5.74, 6) is 0.141. The Balaban J connectivity index is 2.05. The molecule has 0 spiro atoms. The molecule has 108 valence electrons. The summed E-state index contributed by atoms with van der Waals surface area (Å²) in [4.78, 5) is 14.7. The fourth-order valence-corrected chi connectivity index (χ4v) is 2.68. The number of nitrogens with one attached hydrogen (secondary N) is 1. The molecule has 1 aliphatic heterocycles. The van der Waals surface area contributed by atoms with Crippen LogP contribution >= 0.6 is 12.2 Å². The van der Waals surface area contributed by atoms with Gasteiger partial charge in [0.2, 0.25) is 5.91 Å². The molecule has 0 bridgehead atoms. The predicted octanol–water partition coefficient (Wildman–Crippen LogP) is 2.13. The van der Waals surface area contributed by atoms with Gasteiger partial charge in [-0.3, -0.25) is 4.79 Å². The minimum atomic E-state index is -0.274. The van der Waals surface area contributed by atoms with E-state index < -0.39 is 0 Å². The van der Waals surface area contributed by atoms with Crippen molar-refractivity contribution >= 4 is 28.8 Å². The molecule has 1 saturated heterocycles. The van der Waals surface area contributed by atoms with Gasteiger partial charge in [-0.2, -0.15) is 0 Å². The van der Waals surface area contributed by atoms with E-state index in [1.807, 2.05) is 36.1 Å². The number of benzene rings is 1. The van der Waals surface area contributed by atoms with E-state index in [0.29, 0.717) is 4.99 Å². The van der Waals surface area contributed by atoms with Crippen molar-refractivity contribution in [1.82, 2.24) is 4.90 Å². The van der Waals surface area contributed by atoms with Crippen molar-refractivity contribution in [3.05, 3.63) is 29.8 Å². The van der Waals surface area contributed by atoms with Gasteiger partial charge in [-0.25, -0.2) is 0 Å². The lowest BCUT2D eigenvalue weighted by atomic mass is 10.1. The lowest BCUT2D eigenvalue weighted by Gasteiger charge is -2.30. The number of anilines is 1. The second-order valence-corrected chi connectivity index (χ2v) is 5.60. The molecule has 0 radical (unpaired) electrons. The fraction of sp³-hybridized carbons (Fsp3) is 0.467. The van der Waals surface area contributed by atoms with Crippen LogP contribution in [-0.4, -0.2) is 34.9 Å². The highest BCUT2D eigenvalue weighted by Crippen LogP contribution is 2.17. The Labute approximate surface area is 125 Å². The zero-order chi connectivity index (χ0) is 14.5. The van der Waals surface area contributed by atoms with E-state index in [1.165, 1.54) is 6.42 Å². The number of nitrogens with zero attached hydrogens (tertiary/aromatic N) is 1. The van der Waals surface area contributed by atoms with Gasteiger partial charge in [-0.1, -0.05) is 24.4 Å². The van der Waals surface area contributed by atoms with E-state index in [2.05, 4.69) is 5.32 Å². The highest BCUT2D eigenvalue weighted by Gasteiger charge is 2.22. The molecule has 1 fully saturated rings. The van der Waals surface area contributed by atoms with Crippen molar-refractivity contribution in [2.75, 3.05) is 18.4 Å². The van der Waals surface area contributed by atoms with Gasteiger partial charge in [-0.05, 0) is 38.3 Å². The van der Waals surface area contributed by atoms with Gasteiger partial charge in [0.15, 0.2) is 0 Å². The summed E-state index contributed by atoms with van der Waals surface area (Å²) in [5, 5.41) is 3.23. The number of hydrogen-bond acceptors (Lipinski definition) is 3. The Hall–Kier alpha value is -1.62. The van der Waals surface area contributed by atoms with Gasteiger partial charge in [0.1, 0.15) is 11.0 Å². The zero-order valence-corrected chi connectivity index (χ0v) is 12.6. The Morgan fingerprint density at radius 1 is 1.30 bits per heavy atom. The molecule has 2 rings (SSSR count). The molecule has 3 N–H and O–H groups in total. The van der Waals surface area contributed by atoms with Crippen molar-refractivity contribution < 1.29 is 4.79 Å². The Morgan fingerprint density at radius 2 is 1.95 bits per heavy atom. The highest BCUT2D eigenvalue weighted by molar-refractivity contribution is 7.80. The maximum atomic E-state index is 12.4. The molecule has 1 atom stereocenters. The molecular weight excluding hydrogens is 270 g/mol. The predicted molar refractivity (Wildman–Crippen MR) is 85.8 cm³/mol. The molecule has 0 aliphatic carbocycles. The third kappa shape index (κ3) is 3.48. The van der Waals surface area contributed by atoms with Gasteiger partial charge < -0.3 is 16.0 Å². The van der Waals surface area contributed by atoms with Crippen molar-refractivity contribution in [3.8, 4) is 0 Å². The number of carbonyl (C=O) groups excluding carboxylic acids is 1. The van der Waals surface area contributed by atoms with Gasteiger partial charge >= 0.3 is 0 Å². The number of carbonyl (C=O) groups is 1. The molecule has 20 heavy (non-hydrogen) atoms. The number of nitrogens with two attached hydrogens (primary N) is 1. The first-order chi connectivity index (χ1) is 9.59. The van der Waals surface area contributed by atoms with Crippen LogP contribution in [0.25, 0.3) is 0 Å². The summed E-state index contributed by atoms with van der Waals surface area (Å²) < 4.78 is 0. The third-order valence-corrected chi connectivity index (χ3v) is 3.82. The molecule has 1 aromatic carbocycles. The van der Waals surface area contributed by atoms with Crippen molar-refractivity contribution in [3.63, 3.8) is 0 Å². The largest absolute Gasteiger partial charge is 0.389 e. The maximum absolute atomic E-state index is 12.4. The molecule has 0 aromatic heterocycles. The smallest absolute Gasteiger partial charge is 0.244 e. The zero-order valence-electron chi connectivity index (χ0n) is 11.8. The van der Waals surface area contributed by atoms with Crippen LogP contribution in [-0.2, 0) is 4.79 Å². The van der Waals surface area contributed by atoms with E-state index in [1.54, 1.807) is 0 Å². The Bertz CT molecular complexity index is 498. The van der Waals surface area contributed by atoms with Gasteiger partial charge in [0.25, 0.3) is 0 Å². The Kier molecular flexibility index (Phi) is 4.95. The molecule has 1 amide bonds. The molecule has 0 saturated carbocycles. The monoisotopic (exact) mass is 291 g/mol. The molecular formula is C15H21N3OS. The molecule has 1 aliphatic rings. The number of piperidine rings is 1. The summed E-state index contributed by atoms with van der Waals surface area (Å²) in [6.45, 7) is 3.61. The second kappa shape index (κ2) is 6.70. The number of rotatable bonds is 4. The second-order valence-electron chi connectivity index (χ2n) is 5.16. The summed E-state index contributed by atoms with van der Waals surface area (Å²) in [5.41, 5.74) is 7.30. The van der Waals surface area contributed by atoms with Gasteiger partial charge in [0, 0.05) is 24.3 Å². The van der Waals surface area contributed by atoms with Gasteiger partial charge in [-0.15, -0.1) is 0 Å². The molecule has 1 unspecified atom stereocenters. The molecule has 4 nitrogen and oxygen atoms in total. The summed E-state index contributed by atoms with van der Waals surface area (Å²) in [6, 6.07) is 7.28. The number of likely N-dealkylation sites (tertiary alicyclic amines) is 1. The van der Waals surface area contributed by atoms with E-state index >= 15 is 0 Å². The standard InChI is InChI=1S/C15H21N3OS/c1-11(15(19)18-9-5-2-6-10-18)17-13-8-4-3-7-12(13)14(16)20/h3-4,7-8,11,17H,2,5-6,9-10H2,1H3,(H2,16,20). The average molecular weight is 291 g/mol. The number of amides is 1. The highest BCUT2D eigenvalue weighted by atomic mass is 32.1. The maximum Gasteiger partial charge on any atom is 0.244 e. The molecule has 1 aromatic rings. The van der Waals surface area contributed by atoms with Gasteiger partial charge in [0.05, 0.1) is 0 Å². The van der Waals surface area contributed by atoms with Crippen LogP contribution in [0.1, 0.15) is 31.7 Å². The normalized spacial score (nSPS) is 16.6. The van der Waals surface area contributed by atoms with Crippen molar-refractivity contribution in [1.29, 1.82) is 0 Å². The minimum Gasteiger partial charge on any atom is -0.389 e. The quantitative estimate of drug-likeness (QED) is 0.834. The topological polar surface area (TPSA) is 58.4 Å². The lowest BCUT2D eigenvalue weighted by molar-refractivity contribution is -0.132. The molecule has 5 heteroatoms. The number of hydrogen-bond donors (Lipinski definition) is 2. The van der Waals surface area contributed by atoms with Crippen molar-refractivity contribution in [2.24, 2.45) is 5.73 Å². The fourth-order valence-electron chi connectivity index (χ4n) is 2.51. The lowest BCUT2D eigenvalue weighted by Crippen LogP contribution is -2.44. The van der Waals surface area contributed by atoms with Crippen LogP contribution in [0.3, 0.4) is 0 Å².